The molecule has 0 bridgehead atoms. The van der Waals surface area contributed by atoms with Crippen molar-refractivity contribution in [2.45, 2.75) is 5.22 Å². The molecule has 0 spiro atoms. The van der Waals surface area contributed by atoms with E-state index in [0.29, 0.717) is 22.4 Å². The van der Waals surface area contributed by atoms with Crippen LogP contribution in [0.25, 0.3) is 17.2 Å². The van der Waals surface area contributed by atoms with Crippen molar-refractivity contribution in [2.24, 2.45) is 0 Å². The van der Waals surface area contributed by atoms with Gasteiger partial charge in [-0.1, -0.05) is 12.1 Å². The average Bonchev–Trinajstić information content (AvgIpc) is 2.96. The molecular formula is C17H11I2NO4S. The van der Waals surface area contributed by atoms with Gasteiger partial charge in [0.25, 0.3) is 5.22 Å². The highest BCUT2D eigenvalue weighted by Crippen LogP contribution is 2.34. The second-order valence-electron chi connectivity index (χ2n) is 4.87. The molecule has 8 heteroatoms. The number of para-hydroxylation sites is 2. The normalized spacial score (nSPS) is 11.7. The van der Waals surface area contributed by atoms with E-state index < -0.39 is 5.97 Å². The summed E-state index contributed by atoms with van der Waals surface area (Å²) in [5, 5.41) is 9.86. The summed E-state index contributed by atoms with van der Waals surface area (Å²) in [7, 11) is 1.57. The van der Waals surface area contributed by atoms with Crippen LogP contribution in [0.2, 0.25) is 0 Å². The summed E-state index contributed by atoms with van der Waals surface area (Å²) in [5.41, 5.74) is 2.01. The van der Waals surface area contributed by atoms with Gasteiger partial charge < -0.3 is 14.3 Å². The van der Waals surface area contributed by atoms with Gasteiger partial charge >= 0.3 is 5.97 Å². The van der Waals surface area contributed by atoms with Crippen molar-refractivity contribution in [3.63, 3.8) is 0 Å². The topological polar surface area (TPSA) is 72.6 Å². The standard InChI is InChI=1S/C17H11I2NO4S/c1-23-15-9(6-10(18)8-11(15)19)7-14(16(21)22)25-17-20-12-4-2-3-5-13(12)24-17/h2-8H,1H3,(H,21,22)/b14-7-. The number of nitrogens with zero attached hydrogens (tertiary/aromatic N) is 1. The smallest absolute Gasteiger partial charge is 0.342 e. The second-order valence-corrected chi connectivity index (χ2v) is 8.27. The van der Waals surface area contributed by atoms with Gasteiger partial charge in [0.2, 0.25) is 0 Å². The van der Waals surface area contributed by atoms with Crippen LogP contribution in [0.1, 0.15) is 5.56 Å². The van der Waals surface area contributed by atoms with Crippen molar-refractivity contribution in [3.05, 3.63) is 54.0 Å². The molecule has 0 aliphatic carbocycles. The van der Waals surface area contributed by atoms with E-state index in [1.54, 1.807) is 19.3 Å². The number of aromatic nitrogens is 1. The second kappa shape index (κ2) is 7.96. The summed E-state index contributed by atoms with van der Waals surface area (Å²) >= 11 is 5.32. The van der Waals surface area contributed by atoms with Crippen molar-refractivity contribution >= 4 is 80.1 Å². The van der Waals surface area contributed by atoms with Gasteiger partial charge in [-0.2, -0.15) is 0 Å². The molecule has 3 rings (SSSR count). The lowest BCUT2D eigenvalue weighted by Crippen LogP contribution is -1.98. The fraction of sp³-hybridized carbons (Fsp3) is 0.0588. The Kier molecular flexibility index (Phi) is 5.89. The monoisotopic (exact) mass is 579 g/mol. The van der Waals surface area contributed by atoms with E-state index in [-0.39, 0.29) is 10.1 Å². The highest BCUT2D eigenvalue weighted by molar-refractivity contribution is 14.1. The summed E-state index contributed by atoms with van der Waals surface area (Å²) < 4.78 is 12.9. The SMILES string of the molecule is COc1c(I)cc(I)cc1/C=C(\Sc1nc2ccccc2o1)C(=O)O. The van der Waals surface area contributed by atoms with Crippen LogP contribution in [0.15, 0.2) is 50.9 Å². The number of carboxylic acid groups (broad SMARTS) is 1. The number of carbonyl (C=O) groups is 1. The molecule has 1 heterocycles. The van der Waals surface area contributed by atoms with Gasteiger partial charge in [0.15, 0.2) is 5.58 Å². The van der Waals surface area contributed by atoms with Crippen LogP contribution in [-0.4, -0.2) is 23.2 Å². The van der Waals surface area contributed by atoms with Gasteiger partial charge in [-0.15, -0.1) is 0 Å². The Hall–Kier alpha value is -1.27. The summed E-state index contributed by atoms with van der Waals surface area (Å²) in [5.74, 6) is -0.416. The van der Waals surface area contributed by atoms with Gasteiger partial charge in [0.1, 0.15) is 16.2 Å². The van der Waals surface area contributed by atoms with E-state index in [1.807, 2.05) is 30.3 Å². The number of rotatable bonds is 5. The molecule has 0 atom stereocenters. The number of hydrogen-bond donors (Lipinski definition) is 1. The summed E-state index contributed by atoms with van der Waals surface area (Å²) in [6, 6.07) is 11.1. The van der Waals surface area contributed by atoms with E-state index >= 15 is 0 Å². The van der Waals surface area contributed by atoms with Crippen molar-refractivity contribution in [1.29, 1.82) is 0 Å². The predicted octanol–water partition coefficient (Wildman–Crippen LogP) is 5.26. The molecule has 0 unspecified atom stereocenters. The van der Waals surface area contributed by atoms with E-state index in [0.717, 1.165) is 18.9 Å². The van der Waals surface area contributed by atoms with Crippen LogP contribution in [0.3, 0.4) is 0 Å². The van der Waals surface area contributed by atoms with Crippen LogP contribution < -0.4 is 4.74 Å². The van der Waals surface area contributed by atoms with Gasteiger partial charge in [-0.25, -0.2) is 9.78 Å². The lowest BCUT2D eigenvalue weighted by molar-refractivity contribution is -0.131. The van der Waals surface area contributed by atoms with Crippen LogP contribution in [0, 0.1) is 7.14 Å². The van der Waals surface area contributed by atoms with Crippen molar-refractivity contribution < 1.29 is 19.1 Å². The minimum absolute atomic E-state index is 0.0997. The molecule has 0 radical (unpaired) electrons. The number of thioether (sulfide) groups is 1. The van der Waals surface area contributed by atoms with Crippen LogP contribution in [-0.2, 0) is 4.79 Å². The highest BCUT2D eigenvalue weighted by Gasteiger charge is 2.17. The molecule has 128 valence electrons. The maximum Gasteiger partial charge on any atom is 0.342 e. The van der Waals surface area contributed by atoms with Crippen molar-refractivity contribution in [3.8, 4) is 5.75 Å². The van der Waals surface area contributed by atoms with E-state index in [4.69, 9.17) is 9.15 Å². The first-order chi connectivity index (χ1) is 12.0. The maximum atomic E-state index is 11.7. The maximum absolute atomic E-state index is 11.7. The quantitative estimate of drug-likeness (QED) is 0.253. The molecule has 2 aromatic carbocycles. The van der Waals surface area contributed by atoms with Gasteiger partial charge in [-0.3, -0.25) is 0 Å². The van der Waals surface area contributed by atoms with Crippen LogP contribution in [0.5, 0.6) is 5.75 Å². The first kappa shape index (κ1) is 18.5. The average molecular weight is 579 g/mol. The lowest BCUT2D eigenvalue weighted by Gasteiger charge is -2.09. The molecule has 1 aromatic heterocycles. The van der Waals surface area contributed by atoms with Crippen molar-refractivity contribution in [1.82, 2.24) is 4.98 Å². The molecule has 3 aromatic rings. The molecular weight excluding hydrogens is 568 g/mol. The Morgan fingerprint density at radius 2 is 2.08 bits per heavy atom. The number of hydrogen-bond acceptors (Lipinski definition) is 5. The number of aliphatic carboxylic acids is 1. The lowest BCUT2D eigenvalue weighted by atomic mass is 10.2. The Morgan fingerprint density at radius 1 is 1.32 bits per heavy atom. The summed E-state index contributed by atoms with van der Waals surface area (Å²) in [4.78, 5) is 16.1. The Balaban J connectivity index is 2.01. The zero-order chi connectivity index (χ0) is 18.0. The Labute approximate surface area is 175 Å². The number of methoxy groups -OCH3 is 1. The fourth-order valence-electron chi connectivity index (χ4n) is 2.17. The third-order valence-corrected chi connectivity index (χ3v) is 5.50. The van der Waals surface area contributed by atoms with Crippen molar-refractivity contribution in [2.75, 3.05) is 7.11 Å². The zero-order valence-corrected chi connectivity index (χ0v) is 18.0. The zero-order valence-electron chi connectivity index (χ0n) is 12.8. The highest BCUT2D eigenvalue weighted by atomic mass is 127. The van der Waals surface area contributed by atoms with Gasteiger partial charge in [-0.05, 0) is 87.3 Å². The molecule has 0 saturated carbocycles. The van der Waals surface area contributed by atoms with E-state index in [1.165, 1.54) is 0 Å². The van der Waals surface area contributed by atoms with Gasteiger partial charge in [0, 0.05) is 9.13 Å². The molecule has 0 saturated heterocycles. The Morgan fingerprint density at radius 3 is 2.76 bits per heavy atom. The van der Waals surface area contributed by atoms with Gasteiger partial charge in [0.05, 0.1) is 10.7 Å². The number of oxazole rings is 1. The minimum atomic E-state index is -1.05. The Bertz CT molecular complexity index is 951. The van der Waals surface area contributed by atoms with E-state index in [9.17, 15) is 9.90 Å². The molecule has 0 aliphatic heterocycles. The molecule has 5 nitrogen and oxygen atoms in total. The molecule has 1 N–H and O–H groups in total. The number of carboxylic acids is 1. The third-order valence-electron chi connectivity index (χ3n) is 3.21. The first-order valence-electron chi connectivity index (χ1n) is 6.99. The molecule has 0 fully saturated rings. The summed E-state index contributed by atoms with van der Waals surface area (Å²) in [6.07, 6.45) is 1.57. The molecule has 25 heavy (non-hydrogen) atoms. The summed E-state index contributed by atoms with van der Waals surface area (Å²) in [6.45, 7) is 0. The van der Waals surface area contributed by atoms with Crippen LogP contribution in [0.4, 0.5) is 0 Å². The number of fused-ring (bicyclic) bond motifs is 1. The number of ether oxygens (including phenoxy) is 1. The molecule has 0 amide bonds. The fourth-order valence-corrected chi connectivity index (χ4v) is 5.01. The van der Waals surface area contributed by atoms with Crippen LogP contribution >= 0.6 is 56.9 Å². The number of benzene rings is 2. The molecule has 0 aliphatic rings. The minimum Gasteiger partial charge on any atom is -0.495 e. The van der Waals surface area contributed by atoms with E-state index in [2.05, 4.69) is 50.2 Å². The third kappa shape index (κ3) is 4.29. The largest absolute Gasteiger partial charge is 0.495 e. The number of halogens is 2. The first-order valence-corrected chi connectivity index (χ1v) is 9.97. The predicted molar refractivity (Wildman–Crippen MR) is 114 cm³/mol.